The molecule has 0 amide bonds. The van der Waals surface area contributed by atoms with Gasteiger partial charge in [0, 0.05) is 17.5 Å². The van der Waals surface area contributed by atoms with Gasteiger partial charge in [-0.15, -0.1) is 11.3 Å². The second-order valence-electron chi connectivity index (χ2n) is 5.87. The van der Waals surface area contributed by atoms with Crippen molar-refractivity contribution in [2.24, 2.45) is 17.8 Å². The molecule has 4 atom stereocenters. The number of rotatable bonds is 4. The second kappa shape index (κ2) is 4.69. The minimum absolute atomic E-state index is 0.673. The number of nitrogens with one attached hydrogen (secondary N) is 1. The zero-order chi connectivity index (χ0) is 11.8. The normalized spacial score (nSPS) is 33.2. The molecule has 0 aromatic carbocycles. The van der Waals surface area contributed by atoms with Crippen LogP contribution in [0, 0.1) is 24.7 Å². The summed E-state index contributed by atoms with van der Waals surface area (Å²) in [6, 6.07) is 0.673. The smallest absolute Gasteiger partial charge is 0.0798 e. The van der Waals surface area contributed by atoms with Crippen LogP contribution in [0.25, 0.3) is 0 Å². The maximum atomic E-state index is 4.31. The quantitative estimate of drug-likeness (QED) is 0.886. The predicted molar refractivity (Wildman–Crippen MR) is 72.1 cm³/mol. The van der Waals surface area contributed by atoms with Gasteiger partial charge in [0.1, 0.15) is 0 Å². The van der Waals surface area contributed by atoms with E-state index in [2.05, 4.69) is 24.1 Å². The highest BCUT2D eigenvalue weighted by atomic mass is 32.1. The highest BCUT2D eigenvalue weighted by Crippen LogP contribution is 2.49. The summed E-state index contributed by atoms with van der Waals surface area (Å²) in [5, 5.41) is 3.72. The summed E-state index contributed by atoms with van der Waals surface area (Å²) in [5.74, 6) is 3.01. The average Bonchev–Trinajstić information content (AvgIpc) is 3.01. The van der Waals surface area contributed by atoms with E-state index in [0.717, 1.165) is 24.3 Å². The zero-order valence-electron chi connectivity index (χ0n) is 10.8. The van der Waals surface area contributed by atoms with E-state index in [1.807, 2.05) is 5.51 Å². The second-order valence-corrected chi connectivity index (χ2v) is 6.81. The number of hydrogen-bond acceptors (Lipinski definition) is 3. The topological polar surface area (TPSA) is 24.9 Å². The molecule has 2 aliphatic rings. The third-order valence-electron chi connectivity index (χ3n) is 4.86. The molecule has 3 rings (SSSR count). The maximum absolute atomic E-state index is 4.31. The molecule has 2 fully saturated rings. The SMILES string of the molecule is Cc1ncsc1CNC(C)C1CC2CCC1C2. The van der Waals surface area contributed by atoms with Gasteiger partial charge in [0.15, 0.2) is 0 Å². The highest BCUT2D eigenvalue weighted by molar-refractivity contribution is 7.09. The van der Waals surface area contributed by atoms with Crippen molar-refractivity contribution < 1.29 is 0 Å². The Hall–Kier alpha value is -0.410. The number of fused-ring (bicyclic) bond motifs is 2. The Kier molecular flexibility index (Phi) is 3.22. The molecule has 0 radical (unpaired) electrons. The Morgan fingerprint density at radius 1 is 1.47 bits per heavy atom. The van der Waals surface area contributed by atoms with Gasteiger partial charge in [-0.05, 0) is 50.9 Å². The fourth-order valence-electron chi connectivity index (χ4n) is 3.81. The van der Waals surface area contributed by atoms with Crippen LogP contribution in [-0.4, -0.2) is 11.0 Å². The van der Waals surface area contributed by atoms with Gasteiger partial charge in [0.25, 0.3) is 0 Å². The number of aromatic nitrogens is 1. The third-order valence-corrected chi connectivity index (χ3v) is 5.80. The lowest BCUT2D eigenvalue weighted by Crippen LogP contribution is -2.35. The molecule has 1 heterocycles. The first-order chi connectivity index (χ1) is 8.24. The van der Waals surface area contributed by atoms with Gasteiger partial charge in [0.2, 0.25) is 0 Å². The van der Waals surface area contributed by atoms with Crippen LogP contribution in [0.5, 0.6) is 0 Å². The first-order valence-electron chi connectivity index (χ1n) is 6.86. The van der Waals surface area contributed by atoms with E-state index in [1.165, 1.54) is 36.3 Å². The molecule has 0 aliphatic heterocycles. The van der Waals surface area contributed by atoms with Crippen LogP contribution >= 0.6 is 11.3 Å². The Labute approximate surface area is 108 Å². The van der Waals surface area contributed by atoms with E-state index in [4.69, 9.17) is 0 Å². The van der Waals surface area contributed by atoms with Crippen molar-refractivity contribution >= 4 is 11.3 Å². The fourth-order valence-corrected chi connectivity index (χ4v) is 4.54. The molecule has 0 spiro atoms. The van der Waals surface area contributed by atoms with Crippen LogP contribution in [0.15, 0.2) is 5.51 Å². The van der Waals surface area contributed by atoms with Gasteiger partial charge in [-0.3, -0.25) is 0 Å². The van der Waals surface area contributed by atoms with Crippen molar-refractivity contribution in [3.8, 4) is 0 Å². The van der Waals surface area contributed by atoms with E-state index in [0.29, 0.717) is 6.04 Å². The Bertz CT molecular complexity index is 387. The van der Waals surface area contributed by atoms with Gasteiger partial charge in [-0.1, -0.05) is 6.42 Å². The predicted octanol–water partition coefficient (Wildman–Crippen LogP) is 3.37. The molecule has 1 aromatic rings. The molecule has 2 aliphatic carbocycles. The summed E-state index contributed by atoms with van der Waals surface area (Å²) >= 11 is 1.78. The number of nitrogens with zero attached hydrogens (tertiary/aromatic N) is 1. The molecule has 17 heavy (non-hydrogen) atoms. The van der Waals surface area contributed by atoms with Crippen molar-refractivity contribution in [3.63, 3.8) is 0 Å². The molecule has 1 N–H and O–H groups in total. The van der Waals surface area contributed by atoms with Gasteiger partial charge < -0.3 is 5.32 Å². The van der Waals surface area contributed by atoms with Crippen molar-refractivity contribution in [2.75, 3.05) is 0 Å². The zero-order valence-corrected chi connectivity index (χ0v) is 11.6. The minimum Gasteiger partial charge on any atom is -0.309 e. The standard InChI is InChI=1S/C14H22N2S/c1-9(13-6-11-3-4-12(13)5-11)15-7-14-10(2)16-8-17-14/h8-9,11-13,15H,3-7H2,1-2H3. The van der Waals surface area contributed by atoms with E-state index in [-0.39, 0.29) is 0 Å². The van der Waals surface area contributed by atoms with Gasteiger partial charge in [0.05, 0.1) is 11.2 Å². The Morgan fingerprint density at radius 3 is 2.94 bits per heavy atom. The molecular weight excluding hydrogens is 228 g/mol. The van der Waals surface area contributed by atoms with Crippen molar-refractivity contribution in [1.82, 2.24) is 10.3 Å². The lowest BCUT2D eigenvalue weighted by atomic mass is 9.84. The van der Waals surface area contributed by atoms with Gasteiger partial charge in [-0.25, -0.2) is 4.98 Å². The van der Waals surface area contributed by atoms with Crippen molar-refractivity contribution in [1.29, 1.82) is 0 Å². The van der Waals surface area contributed by atoms with Crippen LogP contribution in [0.2, 0.25) is 0 Å². The molecule has 3 heteroatoms. The summed E-state index contributed by atoms with van der Waals surface area (Å²) in [5.41, 5.74) is 3.15. The minimum atomic E-state index is 0.673. The van der Waals surface area contributed by atoms with Crippen LogP contribution in [-0.2, 0) is 6.54 Å². The van der Waals surface area contributed by atoms with Crippen LogP contribution in [0.4, 0.5) is 0 Å². The summed E-state index contributed by atoms with van der Waals surface area (Å²) in [6.45, 7) is 5.49. The van der Waals surface area contributed by atoms with E-state index in [1.54, 1.807) is 11.3 Å². The monoisotopic (exact) mass is 250 g/mol. The summed E-state index contributed by atoms with van der Waals surface area (Å²) in [7, 11) is 0. The lowest BCUT2D eigenvalue weighted by Gasteiger charge is -2.28. The first kappa shape index (κ1) is 11.7. The van der Waals surface area contributed by atoms with Gasteiger partial charge in [-0.2, -0.15) is 0 Å². The maximum Gasteiger partial charge on any atom is 0.0798 e. The summed E-state index contributed by atoms with van der Waals surface area (Å²) < 4.78 is 0. The van der Waals surface area contributed by atoms with E-state index >= 15 is 0 Å². The fraction of sp³-hybridized carbons (Fsp3) is 0.786. The average molecular weight is 250 g/mol. The molecule has 4 unspecified atom stereocenters. The first-order valence-corrected chi connectivity index (χ1v) is 7.74. The molecule has 1 aromatic heterocycles. The Balaban J connectivity index is 1.54. The largest absolute Gasteiger partial charge is 0.309 e. The Morgan fingerprint density at radius 2 is 2.35 bits per heavy atom. The number of hydrogen-bond donors (Lipinski definition) is 1. The van der Waals surface area contributed by atoms with Gasteiger partial charge >= 0.3 is 0 Å². The molecular formula is C14H22N2S. The molecule has 2 nitrogen and oxygen atoms in total. The summed E-state index contributed by atoms with van der Waals surface area (Å²) in [6.07, 6.45) is 5.97. The van der Waals surface area contributed by atoms with Crippen LogP contribution in [0.3, 0.4) is 0 Å². The highest BCUT2D eigenvalue weighted by Gasteiger charge is 2.41. The lowest BCUT2D eigenvalue weighted by molar-refractivity contribution is 0.260. The van der Waals surface area contributed by atoms with E-state index < -0.39 is 0 Å². The molecule has 0 saturated heterocycles. The molecule has 2 saturated carbocycles. The van der Waals surface area contributed by atoms with Crippen molar-refractivity contribution in [2.45, 2.75) is 52.1 Å². The van der Waals surface area contributed by atoms with Crippen LogP contribution in [0.1, 0.15) is 43.2 Å². The molecule has 94 valence electrons. The van der Waals surface area contributed by atoms with Crippen molar-refractivity contribution in [3.05, 3.63) is 16.1 Å². The number of aryl methyl sites for hydroxylation is 1. The van der Waals surface area contributed by atoms with E-state index in [9.17, 15) is 0 Å². The van der Waals surface area contributed by atoms with Crippen LogP contribution < -0.4 is 5.32 Å². The summed E-state index contributed by atoms with van der Waals surface area (Å²) in [4.78, 5) is 5.71. The third kappa shape index (κ3) is 2.27. The number of thiazole rings is 1. The molecule has 2 bridgehead atoms.